The molecule has 2 rings (SSSR count). The van der Waals surface area contributed by atoms with Gasteiger partial charge in [0.05, 0.1) is 24.3 Å². The highest BCUT2D eigenvalue weighted by molar-refractivity contribution is 5.95. The number of carbonyl (C=O) groups is 2. The van der Waals surface area contributed by atoms with Gasteiger partial charge in [0.2, 0.25) is 0 Å². The molecule has 0 amide bonds. The van der Waals surface area contributed by atoms with Gasteiger partial charge in [-0.1, -0.05) is 12.1 Å². The van der Waals surface area contributed by atoms with Crippen LogP contribution in [0, 0.1) is 0 Å². The standard InChI is InChI=1S/C15H15NO5/c1-2-20-15(19)12-5-3-4-6-13(12)16-8-11-7-10(9-21-11)14(17)18/h3-7,9,16H,2,8H2,1H3,(H,17,18). The van der Waals surface area contributed by atoms with Crippen molar-refractivity contribution in [3.05, 3.63) is 53.5 Å². The maximum absolute atomic E-state index is 11.8. The lowest BCUT2D eigenvalue weighted by Gasteiger charge is -2.10. The van der Waals surface area contributed by atoms with Crippen LogP contribution in [0.5, 0.6) is 0 Å². The fourth-order valence-corrected chi connectivity index (χ4v) is 1.79. The number of carboxylic acids is 1. The molecule has 2 aromatic rings. The number of carboxylic acid groups (broad SMARTS) is 1. The Kier molecular flexibility index (Phi) is 4.61. The number of para-hydroxylation sites is 1. The third-order valence-corrected chi connectivity index (χ3v) is 2.78. The molecule has 21 heavy (non-hydrogen) atoms. The van der Waals surface area contributed by atoms with Crippen LogP contribution in [0.2, 0.25) is 0 Å². The summed E-state index contributed by atoms with van der Waals surface area (Å²) in [7, 11) is 0. The van der Waals surface area contributed by atoms with E-state index in [2.05, 4.69) is 5.32 Å². The highest BCUT2D eigenvalue weighted by Gasteiger charge is 2.13. The number of esters is 1. The van der Waals surface area contributed by atoms with Gasteiger partial charge in [0.15, 0.2) is 0 Å². The predicted octanol–water partition coefficient (Wildman–Crippen LogP) is 2.77. The van der Waals surface area contributed by atoms with Crippen molar-refractivity contribution in [1.82, 2.24) is 0 Å². The summed E-state index contributed by atoms with van der Waals surface area (Å²) in [5.41, 5.74) is 1.11. The van der Waals surface area contributed by atoms with E-state index in [0.29, 0.717) is 23.6 Å². The van der Waals surface area contributed by atoms with E-state index in [4.69, 9.17) is 14.3 Å². The smallest absolute Gasteiger partial charge is 0.340 e. The minimum atomic E-state index is -1.04. The average Bonchev–Trinajstić information content (AvgIpc) is 2.95. The summed E-state index contributed by atoms with van der Waals surface area (Å²) >= 11 is 0. The lowest BCUT2D eigenvalue weighted by molar-refractivity contribution is 0.0527. The minimum Gasteiger partial charge on any atom is -0.478 e. The van der Waals surface area contributed by atoms with Crippen molar-refractivity contribution in [1.29, 1.82) is 0 Å². The van der Waals surface area contributed by atoms with Crippen LogP contribution in [0.1, 0.15) is 33.4 Å². The summed E-state index contributed by atoms with van der Waals surface area (Å²) < 4.78 is 10.1. The van der Waals surface area contributed by atoms with Gasteiger partial charge in [-0.15, -0.1) is 0 Å². The van der Waals surface area contributed by atoms with Gasteiger partial charge in [-0.25, -0.2) is 9.59 Å². The Balaban J connectivity index is 2.09. The summed E-state index contributed by atoms with van der Waals surface area (Å²) in [4.78, 5) is 22.6. The van der Waals surface area contributed by atoms with E-state index in [1.54, 1.807) is 31.2 Å². The van der Waals surface area contributed by atoms with Crippen LogP contribution in [0.3, 0.4) is 0 Å². The highest BCUT2D eigenvalue weighted by Crippen LogP contribution is 2.18. The molecule has 0 spiro atoms. The number of furan rings is 1. The van der Waals surface area contributed by atoms with Crippen molar-refractivity contribution in [3.63, 3.8) is 0 Å². The van der Waals surface area contributed by atoms with E-state index < -0.39 is 11.9 Å². The topological polar surface area (TPSA) is 88.8 Å². The van der Waals surface area contributed by atoms with Crippen LogP contribution >= 0.6 is 0 Å². The van der Waals surface area contributed by atoms with E-state index in [9.17, 15) is 9.59 Å². The molecule has 0 atom stereocenters. The van der Waals surface area contributed by atoms with Gasteiger partial charge in [0.1, 0.15) is 12.0 Å². The monoisotopic (exact) mass is 289 g/mol. The molecule has 0 unspecified atom stereocenters. The van der Waals surface area contributed by atoms with Crippen molar-refractivity contribution < 1.29 is 23.8 Å². The molecule has 2 N–H and O–H groups in total. The number of hydrogen-bond acceptors (Lipinski definition) is 5. The summed E-state index contributed by atoms with van der Waals surface area (Å²) in [5, 5.41) is 11.9. The zero-order valence-electron chi connectivity index (χ0n) is 11.5. The Hall–Kier alpha value is -2.76. The molecule has 0 aliphatic carbocycles. The minimum absolute atomic E-state index is 0.0884. The molecular formula is C15H15NO5. The predicted molar refractivity (Wildman–Crippen MR) is 75.4 cm³/mol. The van der Waals surface area contributed by atoms with E-state index in [-0.39, 0.29) is 12.1 Å². The molecule has 0 fully saturated rings. The molecule has 1 aromatic heterocycles. The summed E-state index contributed by atoms with van der Waals surface area (Å²) in [6, 6.07) is 8.36. The van der Waals surface area contributed by atoms with E-state index in [1.807, 2.05) is 0 Å². The Morgan fingerprint density at radius 1 is 1.33 bits per heavy atom. The lowest BCUT2D eigenvalue weighted by atomic mass is 10.2. The SMILES string of the molecule is CCOC(=O)c1ccccc1NCc1cc(C(=O)O)co1. The molecule has 0 bridgehead atoms. The van der Waals surface area contributed by atoms with E-state index in [1.165, 1.54) is 12.3 Å². The van der Waals surface area contributed by atoms with E-state index >= 15 is 0 Å². The first-order valence-corrected chi connectivity index (χ1v) is 6.42. The van der Waals surface area contributed by atoms with Crippen LogP contribution in [-0.4, -0.2) is 23.7 Å². The van der Waals surface area contributed by atoms with Gasteiger partial charge in [0, 0.05) is 5.69 Å². The molecule has 1 aromatic carbocycles. The molecule has 0 saturated heterocycles. The second-order valence-electron chi connectivity index (χ2n) is 4.23. The number of benzene rings is 1. The number of nitrogens with one attached hydrogen (secondary N) is 1. The van der Waals surface area contributed by atoms with Gasteiger partial charge < -0.3 is 19.6 Å². The Morgan fingerprint density at radius 3 is 2.76 bits per heavy atom. The number of rotatable bonds is 6. The largest absolute Gasteiger partial charge is 0.478 e. The first kappa shape index (κ1) is 14.6. The molecule has 0 radical (unpaired) electrons. The second-order valence-corrected chi connectivity index (χ2v) is 4.23. The summed E-state index contributed by atoms with van der Waals surface area (Å²) in [5.74, 6) is -0.991. The van der Waals surface area contributed by atoms with Gasteiger partial charge in [0.25, 0.3) is 0 Å². The number of anilines is 1. The molecule has 0 saturated carbocycles. The second kappa shape index (κ2) is 6.60. The lowest BCUT2D eigenvalue weighted by Crippen LogP contribution is -2.09. The molecule has 6 nitrogen and oxygen atoms in total. The van der Waals surface area contributed by atoms with Crippen molar-refractivity contribution in [2.45, 2.75) is 13.5 Å². The normalized spacial score (nSPS) is 10.1. The third-order valence-electron chi connectivity index (χ3n) is 2.78. The van der Waals surface area contributed by atoms with E-state index in [0.717, 1.165) is 0 Å². The first-order chi connectivity index (χ1) is 10.1. The zero-order chi connectivity index (χ0) is 15.2. The van der Waals surface area contributed by atoms with Crippen LogP contribution in [0.4, 0.5) is 5.69 Å². The zero-order valence-corrected chi connectivity index (χ0v) is 11.5. The molecule has 0 aliphatic heterocycles. The maximum Gasteiger partial charge on any atom is 0.340 e. The summed E-state index contributed by atoms with van der Waals surface area (Å²) in [6.07, 6.45) is 1.18. The van der Waals surface area contributed by atoms with Crippen molar-refractivity contribution in [2.75, 3.05) is 11.9 Å². The van der Waals surface area contributed by atoms with Gasteiger partial charge in [-0.05, 0) is 25.1 Å². The van der Waals surface area contributed by atoms with Crippen LogP contribution < -0.4 is 5.32 Å². The Morgan fingerprint density at radius 2 is 2.10 bits per heavy atom. The molecule has 6 heteroatoms. The van der Waals surface area contributed by atoms with Gasteiger partial charge in [-0.2, -0.15) is 0 Å². The first-order valence-electron chi connectivity index (χ1n) is 6.42. The van der Waals surface area contributed by atoms with Crippen molar-refractivity contribution >= 4 is 17.6 Å². The van der Waals surface area contributed by atoms with Gasteiger partial charge >= 0.3 is 11.9 Å². The number of aromatic carboxylic acids is 1. The van der Waals surface area contributed by atoms with Crippen LogP contribution in [0.15, 0.2) is 41.0 Å². The molecule has 0 aliphatic rings. The Labute approximate surface area is 121 Å². The average molecular weight is 289 g/mol. The van der Waals surface area contributed by atoms with Crippen LogP contribution in [0.25, 0.3) is 0 Å². The number of hydrogen-bond donors (Lipinski definition) is 2. The molecular weight excluding hydrogens is 274 g/mol. The molecule has 1 heterocycles. The number of ether oxygens (including phenoxy) is 1. The van der Waals surface area contributed by atoms with Crippen molar-refractivity contribution in [2.24, 2.45) is 0 Å². The Bertz CT molecular complexity index is 647. The summed E-state index contributed by atoms with van der Waals surface area (Å²) in [6.45, 7) is 2.31. The molecule has 110 valence electrons. The fraction of sp³-hybridized carbons (Fsp3) is 0.200. The number of carbonyl (C=O) groups excluding carboxylic acids is 1. The van der Waals surface area contributed by atoms with Gasteiger partial charge in [-0.3, -0.25) is 0 Å². The maximum atomic E-state index is 11.8. The highest BCUT2D eigenvalue weighted by atomic mass is 16.5. The fourth-order valence-electron chi connectivity index (χ4n) is 1.79. The van der Waals surface area contributed by atoms with Crippen LogP contribution in [-0.2, 0) is 11.3 Å². The quantitative estimate of drug-likeness (QED) is 0.795. The third kappa shape index (κ3) is 3.62. The van der Waals surface area contributed by atoms with Crippen molar-refractivity contribution in [3.8, 4) is 0 Å².